The molecule has 0 spiro atoms. The minimum atomic E-state index is -0.530. The lowest BCUT2D eigenvalue weighted by atomic mass is 10.3. The SMILES string of the molecule is C=CCNC(=O)Nc1cc(Cl)c(Sc2ccc([N+](=O)[O-])cc2Cl)c(Cl)c1. The third-order valence-corrected chi connectivity index (χ3v) is 5.47. The number of hydrogen-bond acceptors (Lipinski definition) is 4. The van der Waals surface area contributed by atoms with Crippen molar-refractivity contribution in [2.75, 3.05) is 11.9 Å². The van der Waals surface area contributed by atoms with Crippen molar-refractivity contribution >= 4 is 64.0 Å². The third-order valence-electron chi connectivity index (χ3n) is 3.00. The molecule has 0 heterocycles. The number of amides is 2. The number of nitrogens with one attached hydrogen (secondary N) is 2. The van der Waals surface area contributed by atoms with Crippen LogP contribution in [0.4, 0.5) is 16.2 Å². The summed E-state index contributed by atoms with van der Waals surface area (Å²) in [4.78, 5) is 23.0. The zero-order chi connectivity index (χ0) is 19.3. The number of nitro benzene ring substituents is 1. The van der Waals surface area contributed by atoms with Crippen LogP contribution in [0.1, 0.15) is 0 Å². The number of nitro groups is 1. The second-order valence-corrected chi connectivity index (χ2v) is 7.14. The molecule has 2 aromatic carbocycles. The van der Waals surface area contributed by atoms with Gasteiger partial charge >= 0.3 is 6.03 Å². The number of hydrogen-bond donors (Lipinski definition) is 2. The van der Waals surface area contributed by atoms with Gasteiger partial charge in [0.15, 0.2) is 0 Å². The Hall–Kier alpha value is -1.93. The molecule has 0 unspecified atom stereocenters. The highest BCUT2D eigenvalue weighted by atomic mass is 35.5. The molecule has 6 nitrogen and oxygen atoms in total. The normalized spacial score (nSPS) is 10.3. The van der Waals surface area contributed by atoms with Crippen LogP contribution in [0, 0.1) is 10.1 Å². The number of urea groups is 1. The molecule has 2 rings (SSSR count). The summed E-state index contributed by atoms with van der Waals surface area (Å²) < 4.78 is 0. The Labute approximate surface area is 168 Å². The molecule has 0 saturated heterocycles. The average molecular weight is 433 g/mol. The molecule has 0 saturated carbocycles. The van der Waals surface area contributed by atoms with E-state index in [4.69, 9.17) is 34.8 Å². The Balaban J connectivity index is 2.22. The Morgan fingerprint density at radius 3 is 2.38 bits per heavy atom. The summed E-state index contributed by atoms with van der Waals surface area (Å²) in [7, 11) is 0. The molecule has 136 valence electrons. The van der Waals surface area contributed by atoms with Crippen molar-refractivity contribution in [3.63, 3.8) is 0 Å². The van der Waals surface area contributed by atoms with Crippen molar-refractivity contribution < 1.29 is 9.72 Å². The van der Waals surface area contributed by atoms with Crippen molar-refractivity contribution in [1.29, 1.82) is 0 Å². The Morgan fingerprint density at radius 1 is 1.19 bits per heavy atom. The number of non-ortho nitro benzene ring substituents is 1. The van der Waals surface area contributed by atoms with Gasteiger partial charge in [-0.15, -0.1) is 6.58 Å². The number of benzene rings is 2. The van der Waals surface area contributed by atoms with Crippen molar-refractivity contribution in [1.82, 2.24) is 5.32 Å². The van der Waals surface area contributed by atoms with Crippen molar-refractivity contribution in [2.45, 2.75) is 9.79 Å². The molecule has 0 fully saturated rings. The smallest absolute Gasteiger partial charge is 0.319 e. The summed E-state index contributed by atoms with van der Waals surface area (Å²) in [6.45, 7) is 3.83. The van der Waals surface area contributed by atoms with E-state index < -0.39 is 11.0 Å². The summed E-state index contributed by atoms with van der Waals surface area (Å²) in [5.74, 6) is 0. The Kier molecular flexibility index (Phi) is 7.16. The lowest BCUT2D eigenvalue weighted by Gasteiger charge is -2.12. The van der Waals surface area contributed by atoms with Crippen LogP contribution in [0.5, 0.6) is 0 Å². The third kappa shape index (κ3) is 5.28. The van der Waals surface area contributed by atoms with Crippen LogP contribution in [-0.4, -0.2) is 17.5 Å². The van der Waals surface area contributed by atoms with Gasteiger partial charge in [-0.3, -0.25) is 10.1 Å². The molecule has 26 heavy (non-hydrogen) atoms. The number of carbonyl (C=O) groups is 1. The maximum Gasteiger partial charge on any atom is 0.319 e. The highest BCUT2D eigenvalue weighted by Crippen LogP contribution is 2.43. The van der Waals surface area contributed by atoms with Crippen LogP contribution in [0.3, 0.4) is 0 Å². The molecular formula is C16H12Cl3N3O3S. The molecule has 2 N–H and O–H groups in total. The zero-order valence-corrected chi connectivity index (χ0v) is 16.2. The molecule has 0 atom stereocenters. The van der Waals surface area contributed by atoms with Gasteiger partial charge in [0.05, 0.1) is 20.0 Å². The van der Waals surface area contributed by atoms with Crippen molar-refractivity contribution in [2.24, 2.45) is 0 Å². The Bertz CT molecular complexity index is 854. The first-order chi connectivity index (χ1) is 12.3. The second kappa shape index (κ2) is 9.14. The van der Waals surface area contributed by atoms with Gasteiger partial charge in [-0.05, 0) is 18.2 Å². The predicted octanol–water partition coefficient (Wildman–Crippen LogP) is 6.01. The predicted molar refractivity (Wildman–Crippen MR) is 106 cm³/mol. The molecule has 0 aliphatic carbocycles. The standard InChI is InChI=1S/C16H12Cl3N3O3S/c1-2-5-20-16(23)21-9-6-12(18)15(13(19)7-9)26-14-4-3-10(22(24)25)8-11(14)17/h2-4,6-8H,1,5H2,(H2,20,21,23). The van der Waals surface area contributed by atoms with E-state index in [1.54, 1.807) is 18.2 Å². The fraction of sp³-hybridized carbons (Fsp3) is 0.0625. The van der Waals surface area contributed by atoms with E-state index in [-0.39, 0.29) is 10.7 Å². The summed E-state index contributed by atoms with van der Waals surface area (Å²) in [6, 6.07) is 6.79. The zero-order valence-electron chi connectivity index (χ0n) is 13.1. The van der Waals surface area contributed by atoms with E-state index in [1.165, 1.54) is 30.0 Å². The highest BCUT2D eigenvalue weighted by Gasteiger charge is 2.15. The second-order valence-electron chi connectivity index (χ2n) is 4.87. The van der Waals surface area contributed by atoms with Crippen LogP contribution in [-0.2, 0) is 0 Å². The minimum absolute atomic E-state index is 0.110. The van der Waals surface area contributed by atoms with E-state index in [9.17, 15) is 14.9 Å². The van der Waals surface area contributed by atoms with E-state index >= 15 is 0 Å². The Morgan fingerprint density at radius 2 is 1.85 bits per heavy atom. The van der Waals surface area contributed by atoms with Gasteiger partial charge in [0.1, 0.15) is 0 Å². The molecule has 10 heteroatoms. The van der Waals surface area contributed by atoms with Gasteiger partial charge < -0.3 is 10.6 Å². The van der Waals surface area contributed by atoms with Crippen LogP contribution < -0.4 is 10.6 Å². The van der Waals surface area contributed by atoms with Gasteiger partial charge in [0.2, 0.25) is 0 Å². The van der Waals surface area contributed by atoms with Crippen LogP contribution >= 0.6 is 46.6 Å². The molecule has 0 bridgehead atoms. The van der Waals surface area contributed by atoms with Gasteiger partial charge in [-0.2, -0.15) is 0 Å². The first-order valence-electron chi connectivity index (χ1n) is 7.08. The van der Waals surface area contributed by atoms with Crippen LogP contribution in [0.2, 0.25) is 15.1 Å². The number of carbonyl (C=O) groups excluding carboxylic acids is 1. The van der Waals surface area contributed by atoms with E-state index in [1.807, 2.05) is 0 Å². The lowest BCUT2D eigenvalue weighted by molar-refractivity contribution is -0.384. The van der Waals surface area contributed by atoms with Gasteiger partial charge in [0, 0.05) is 34.2 Å². The van der Waals surface area contributed by atoms with Gasteiger partial charge in [0.25, 0.3) is 5.69 Å². The molecule has 0 aliphatic rings. The quantitative estimate of drug-likeness (QED) is 0.332. The van der Waals surface area contributed by atoms with Crippen LogP contribution in [0.15, 0.2) is 52.8 Å². The largest absolute Gasteiger partial charge is 0.334 e. The fourth-order valence-electron chi connectivity index (χ4n) is 1.87. The topological polar surface area (TPSA) is 84.3 Å². The van der Waals surface area contributed by atoms with Gasteiger partial charge in [-0.25, -0.2) is 4.79 Å². The van der Waals surface area contributed by atoms with E-state index in [0.717, 1.165) is 0 Å². The molecular weight excluding hydrogens is 421 g/mol. The fourth-order valence-corrected chi connectivity index (χ4v) is 3.70. The molecule has 0 aliphatic heterocycles. The maximum atomic E-state index is 11.7. The summed E-state index contributed by atoms with van der Waals surface area (Å²) in [6.07, 6.45) is 1.55. The van der Waals surface area contributed by atoms with Crippen LogP contribution in [0.25, 0.3) is 0 Å². The molecule has 2 amide bonds. The van der Waals surface area contributed by atoms with E-state index in [0.29, 0.717) is 32.1 Å². The molecule has 0 radical (unpaired) electrons. The van der Waals surface area contributed by atoms with Gasteiger partial charge in [-0.1, -0.05) is 52.6 Å². The maximum absolute atomic E-state index is 11.7. The summed E-state index contributed by atoms with van der Waals surface area (Å²) >= 11 is 19.8. The first kappa shape index (κ1) is 20.4. The summed E-state index contributed by atoms with van der Waals surface area (Å²) in [5.41, 5.74) is 0.308. The van der Waals surface area contributed by atoms with E-state index in [2.05, 4.69) is 17.2 Å². The number of rotatable bonds is 6. The first-order valence-corrected chi connectivity index (χ1v) is 9.03. The van der Waals surface area contributed by atoms with Crippen molar-refractivity contribution in [3.05, 3.63) is 68.2 Å². The molecule has 0 aromatic heterocycles. The number of halogens is 3. The number of nitrogens with zero attached hydrogens (tertiary/aromatic N) is 1. The number of anilines is 1. The monoisotopic (exact) mass is 431 g/mol. The lowest BCUT2D eigenvalue weighted by Crippen LogP contribution is -2.28. The average Bonchev–Trinajstić information content (AvgIpc) is 2.57. The minimum Gasteiger partial charge on any atom is -0.334 e. The highest BCUT2D eigenvalue weighted by molar-refractivity contribution is 7.99. The van der Waals surface area contributed by atoms with Crippen molar-refractivity contribution in [3.8, 4) is 0 Å². The molecule has 2 aromatic rings. The summed E-state index contributed by atoms with van der Waals surface area (Å²) in [5, 5.41) is 16.8.